The molecule has 0 aliphatic carbocycles. The van der Waals surface area contributed by atoms with Gasteiger partial charge in [-0.1, -0.05) is 23.8 Å². The monoisotopic (exact) mass is 172 g/mol. The lowest BCUT2D eigenvalue weighted by Gasteiger charge is -1.88. The fourth-order valence-corrected chi connectivity index (χ4v) is 1.09. The Labute approximate surface area is 68.1 Å². The first-order valence-electron chi connectivity index (χ1n) is 3.13. The maximum absolute atomic E-state index is 11.0. The van der Waals surface area contributed by atoms with E-state index >= 15 is 0 Å². The smallest absolute Gasteiger partial charge is 0.257 e. The second kappa shape index (κ2) is 3.43. The van der Waals surface area contributed by atoms with Crippen LogP contribution in [0.25, 0.3) is 0 Å². The van der Waals surface area contributed by atoms with Crippen molar-refractivity contribution in [2.24, 2.45) is 0 Å². The van der Waals surface area contributed by atoms with Crippen molar-refractivity contribution >= 4 is 22.7 Å². The van der Waals surface area contributed by atoms with Gasteiger partial charge in [-0.05, 0) is 5.75 Å². The minimum absolute atomic E-state index is 0.128. The Morgan fingerprint density at radius 2 is 2.64 bits per heavy atom. The fourth-order valence-electron chi connectivity index (χ4n) is 0.587. The molecule has 2 N–H and O–H groups in total. The molecule has 11 heavy (non-hydrogen) atoms. The third kappa shape index (κ3) is 1.98. The van der Waals surface area contributed by atoms with Crippen LogP contribution in [-0.4, -0.2) is 16.0 Å². The molecule has 0 aromatic carbocycles. The molecule has 0 spiro atoms. The van der Waals surface area contributed by atoms with E-state index in [1.807, 2.05) is 6.92 Å². The zero-order valence-electron chi connectivity index (χ0n) is 6.03. The normalized spacial score (nSPS) is 9.91. The number of nitrogens with zero attached hydrogens (tertiary/aromatic N) is 1. The van der Waals surface area contributed by atoms with E-state index in [0.717, 1.165) is 5.75 Å². The number of anilines is 1. The first kappa shape index (κ1) is 8.13. The van der Waals surface area contributed by atoms with Crippen LogP contribution in [0.5, 0.6) is 0 Å². The number of aromatic nitrogens is 1. The van der Waals surface area contributed by atoms with Gasteiger partial charge in [0.1, 0.15) is 0 Å². The lowest BCUT2D eigenvalue weighted by atomic mass is 10.5. The molecule has 1 heterocycles. The second-order valence-electron chi connectivity index (χ2n) is 1.84. The van der Waals surface area contributed by atoms with Gasteiger partial charge < -0.3 is 10.3 Å². The maximum Gasteiger partial charge on any atom is 0.257 e. The molecule has 0 unspecified atom stereocenters. The molecule has 4 nitrogen and oxygen atoms in total. The second-order valence-corrected chi connectivity index (χ2v) is 3.07. The largest absolute Gasteiger partial charge is 0.381 e. The number of carbonyl (C=O) groups excluding carboxylic acids is 1. The Bertz CT molecular complexity index is 259. The first-order valence-corrected chi connectivity index (χ1v) is 4.12. The van der Waals surface area contributed by atoms with Crippen LogP contribution >= 0.6 is 11.8 Å². The molecule has 1 aromatic heterocycles. The molecule has 0 saturated carbocycles. The van der Waals surface area contributed by atoms with Crippen LogP contribution in [0.15, 0.2) is 10.6 Å². The Hall–Kier alpha value is -0.970. The molecule has 1 rings (SSSR count). The van der Waals surface area contributed by atoms with E-state index in [9.17, 15) is 4.79 Å². The molecule has 0 atom stereocenters. The summed E-state index contributed by atoms with van der Waals surface area (Å²) in [6, 6.07) is 1.42. The Morgan fingerprint density at radius 1 is 1.91 bits per heavy atom. The third-order valence-corrected chi connectivity index (χ3v) is 1.76. The molecule has 0 aliphatic rings. The first-order chi connectivity index (χ1) is 5.24. The number of rotatable bonds is 2. The average Bonchev–Trinajstić information content (AvgIpc) is 2.36. The zero-order chi connectivity index (χ0) is 8.27. The van der Waals surface area contributed by atoms with E-state index in [-0.39, 0.29) is 16.7 Å². The lowest BCUT2D eigenvalue weighted by Crippen LogP contribution is -1.90. The van der Waals surface area contributed by atoms with Crippen LogP contribution in [0.1, 0.15) is 17.5 Å². The SMILES string of the molecule is CCSC(=O)c1cc(N)no1. The molecule has 0 saturated heterocycles. The molecule has 0 radical (unpaired) electrons. The molecule has 0 amide bonds. The van der Waals surface area contributed by atoms with Gasteiger partial charge in [-0.15, -0.1) is 0 Å². The highest BCUT2D eigenvalue weighted by Crippen LogP contribution is 2.13. The van der Waals surface area contributed by atoms with Crippen LogP contribution in [0.4, 0.5) is 5.82 Å². The average molecular weight is 172 g/mol. The fraction of sp³-hybridized carbons (Fsp3) is 0.333. The molecule has 0 bridgehead atoms. The van der Waals surface area contributed by atoms with Crippen molar-refractivity contribution in [2.75, 3.05) is 11.5 Å². The predicted octanol–water partition coefficient (Wildman–Crippen LogP) is 1.15. The Morgan fingerprint density at radius 3 is 3.09 bits per heavy atom. The standard InChI is InChI=1S/C6H8N2O2S/c1-2-11-6(9)4-3-5(7)8-10-4/h3H,2H2,1H3,(H2,7,8). The van der Waals surface area contributed by atoms with Crippen molar-refractivity contribution in [1.82, 2.24) is 5.16 Å². The van der Waals surface area contributed by atoms with E-state index in [0.29, 0.717) is 0 Å². The van der Waals surface area contributed by atoms with Crippen LogP contribution in [-0.2, 0) is 0 Å². The predicted molar refractivity (Wildman–Crippen MR) is 43.4 cm³/mol. The number of thioether (sulfide) groups is 1. The van der Waals surface area contributed by atoms with Gasteiger partial charge in [0.2, 0.25) is 5.76 Å². The van der Waals surface area contributed by atoms with Gasteiger partial charge in [-0.25, -0.2) is 0 Å². The number of hydrogen-bond acceptors (Lipinski definition) is 5. The number of nitrogen functional groups attached to an aromatic ring is 1. The van der Waals surface area contributed by atoms with Crippen molar-refractivity contribution in [3.8, 4) is 0 Å². The van der Waals surface area contributed by atoms with Crippen LogP contribution < -0.4 is 5.73 Å². The van der Waals surface area contributed by atoms with Crippen molar-refractivity contribution in [3.05, 3.63) is 11.8 Å². The van der Waals surface area contributed by atoms with Gasteiger partial charge in [0.25, 0.3) is 5.12 Å². The molecule has 60 valence electrons. The number of hydrogen-bond donors (Lipinski definition) is 1. The molecule has 0 aliphatic heterocycles. The van der Waals surface area contributed by atoms with Gasteiger partial charge in [-0.2, -0.15) is 0 Å². The highest BCUT2D eigenvalue weighted by atomic mass is 32.2. The van der Waals surface area contributed by atoms with E-state index in [4.69, 9.17) is 5.73 Å². The highest BCUT2D eigenvalue weighted by molar-refractivity contribution is 8.14. The summed E-state index contributed by atoms with van der Waals surface area (Å²) in [7, 11) is 0. The highest BCUT2D eigenvalue weighted by Gasteiger charge is 2.10. The topological polar surface area (TPSA) is 69.1 Å². The van der Waals surface area contributed by atoms with E-state index in [1.165, 1.54) is 17.8 Å². The summed E-state index contributed by atoms with van der Waals surface area (Å²) in [6.07, 6.45) is 0. The van der Waals surface area contributed by atoms with Gasteiger partial charge in [0.15, 0.2) is 5.82 Å². The minimum atomic E-state index is -0.128. The molecule has 5 heteroatoms. The third-order valence-electron chi connectivity index (χ3n) is 1.00. The zero-order valence-corrected chi connectivity index (χ0v) is 6.85. The number of carbonyl (C=O) groups is 1. The van der Waals surface area contributed by atoms with E-state index < -0.39 is 0 Å². The summed E-state index contributed by atoms with van der Waals surface area (Å²) < 4.78 is 4.63. The van der Waals surface area contributed by atoms with Crippen LogP contribution in [0.3, 0.4) is 0 Å². The van der Waals surface area contributed by atoms with Crippen LogP contribution in [0, 0.1) is 0 Å². The summed E-state index contributed by atoms with van der Waals surface area (Å²) in [5.41, 5.74) is 5.25. The molecule has 0 fully saturated rings. The minimum Gasteiger partial charge on any atom is -0.381 e. The summed E-state index contributed by atoms with van der Waals surface area (Å²) in [5, 5.41) is 3.26. The quantitative estimate of drug-likeness (QED) is 0.724. The van der Waals surface area contributed by atoms with E-state index in [1.54, 1.807) is 0 Å². The Kier molecular flexibility index (Phi) is 2.53. The molecule has 1 aromatic rings. The van der Waals surface area contributed by atoms with Crippen molar-refractivity contribution in [1.29, 1.82) is 0 Å². The summed E-state index contributed by atoms with van der Waals surface area (Å²) >= 11 is 1.17. The van der Waals surface area contributed by atoms with Crippen LogP contribution in [0.2, 0.25) is 0 Å². The summed E-state index contributed by atoms with van der Waals surface area (Å²) in [4.78, 5) is 11.0. The number of nitrogens with two attached hydrogens (primary N) is 1. The molecular weight excluding hydrogens is 164 g/mol. The summed E-state index contributed by atoms with van der Waals surface area (Å²) in [5.74, 6) is 1.18. The van der Waals surface area contributed by atoms with E-state index in [2.05, 4.69) is 9.68 Å². The van der Waals surface area contributed by atoms with Gasteiger partial charge in [0, 0.05) is 6.07 Å². The Balaban J connectivity index is 2.69. The van der Waals surface area contributed by atoms with Gasteiger partial charge in [0.05, 0.1) is 0 Å². The van der Waals surface area contributed by atoms with Gasteiger partial charge in [-0.3, -0.25) is 4.79 Å². The summed E-state index contributed by atoms with van der Waals surface area (Å²) in [6.45, 7) is 1.89. The van der Waals surface area contributed by atoms with Crippen molar-refractivity contribution in [3.63, 3.8) is 0 Å². The van der Waals surface area contributed by atoms with Gasteiger partial charge >= 0.3 is 0 Å². The molecular formula is C6H8N2O2S. The van der Waals surface area contributed by atoms with Crippen molar-refractivity contribution < 1.29 is 9.32 Å². The van der Waals surface area contributed by atoms with Crippen molar-refractivity contribution in [2.45, 2.75) is 6.92 Å². The maximum atomic E-state index is 11.0. The lowest BCUT2D eigenvalue weighted by molar-refractivity contribution is 0.105.